The van der Waals surface area contributed by atoms with E-state index < -0.39 is 5.91 Å². The molecule has 18 heavy (non-hydrogen) atoms. The number of carbonyl (C=O) groups is 1. The lowest BCUT2D eigenvalue weighted by molar-refractivity contribution is 0.101. The molecule has 0 saturated heterocycles. The zero-order chi connectivity index (χ0) is 12.5. The van der Waals surface area contributed by atoms with Crippen LogP contribution >= 0.6 is 0 Å². The summed E-state index contributed by atoms with van der Waals surface area (Å²) < 4.78 is 0. The number of amides is 1. The average Bonchev–Trinajstić information content (AvgIpc) is 3.10. The summed E-state index contributed by atoms with van der Waals surface area (Å²) in [6, 6.07) is 2.68. The fourth-order valence-electron chi connectivity index (χ4n) is 1.50. The molecule has 0 bridgehead atoms. The highest BCUT2D eigenvalue weighted by atomic mass is 16.2. The van der Waals surface area contributed by atoms with Crippen LogP contribution in [0.5, 0.6) is 0 Å². The summed E-state index contributed by atoms with van der Waals surface area (Å²) in [6.45, 7) is 0. The van der Waals surface area contributed by atoms with E-state index in [1.54, 1.807) is 0 Å². The first kappa shape index (κ1) is 10.6. The van der Waals surface area contributed by atoms with Gasteiger partial charge in [-0.1, -0.05) is 0 Å². The molecule has 3 rings (SSSR count). The summed E-state index contributed by atoms with van der Waals surface area (Å²) in [5.74, 6) is 1.01. The first-order valence-corrected chi connectivity index (χ1v) is 5.52. The molecule has 1 saturated carbocycles. The van der Waals surface area contributed by atoms with Crippen LogP contribution in [-0.2, 0) is 0 Å². The van der Waals surface area contributed by atoms with Crippen molar-refractivity contribution >= 4 is 11.7 Å². The molecule has 1 amide bonds. The van der Waals surface area contributed by atoms with Crippen molar-refractivity contribution in [3.05, 3.63) is 34.1 Å². The molecule has 1 aliphatic carbocycles. The van der Waals surface area contributed by atoms with Crippen molar-refractivity contribution in [2.24, 2.45) is 0 Å². The lowest BCUT2D eigenvalue weighted by Crippen LogP contribution is -2.17. The maximum Gasteiger partial charge on any atom is 0.296 e. The zero-order valence-corrected chi connectivity index (χ0v) is 9.30. The van der Waals surface area contributed by atoms with Crippen LogP contribution in [0, 0.1) is 0 Å². The Labute approximate surface area is 101 Å². The van der Waals surface area contributed by atoms with Crippen molar-refractivity contribution in [2.75, 3.05) is 5.32 Å². The third kappa shape index (κ3) is 2.12. The molecule has 8 heteroatoms. The van der Waals surface area contributed by atoms with Gasteiger partial charge in [0, 0.05) is 12.0 Å². The van der Waals surface area contributed by atoms with Gasteiger partial charge in [-0.05, 0) is 18.9 Å². The molecule has 3 N–H and O–H groups in total. The molecule has 0 spiro atoms. The van der Waals surface area contributed by atoms with E-state index in [1.165, 1.54) is 12.1 Å². The Morgan fingerprint density at radius 3 is 2.78 bits per heavy atom. The molecule has 92 valence electrons. The van der Waals surface area contributed by atoms with Gasteiger partial charge in [0.2, 0.25) is 5.82 Å². The van der Waals surface area contributed by atoms with Crippen LogP contribution < -0.4 is 10.9 Å². The predicted molar refractivity (Wildman–Crippen MR) is 61.2 cm³/mol. The molecular weight excluding hydrogens is 236 g/mol. The molecule has 8 nitrogen and oxygen atoms in total. The number of carbonyl (C=O) groups excluding carboxylic acids is 1. The number of aromatic nitrogens is 5. The van der Waals surface area contributed by atoms with Crippen molar-refractivity contribution in [1.82, 2.24) is 25.4 Å². The quantitative estimate of drug-likeness (QED) is 0.705. The third-order valence-corrected chi connectivity index (χ3v) is 2.59. The van der Waals surface area contributed by atoms with Gasteiger partial charge in [-0.2, -0.15) is 5.10 Å². The minimum absolute atomic E-state index is 0.0740. The Kier molecular flexibility index (Phi) is 2.40. The van der Waals surface area contributed by atoms with Crippen LogP contribution in [0.3, 0.4) is 0 Å². The van der Waals surface area contributed by atoms with Gasteiger partial charge >= 0.3 is 0 Å². The molecule has 1 fully saturated rings. The number of hydrogen-bond acceptors (Lipinski definition) is 5. The summed E-state index contributed by atoms with van der Waals surface area (Å²) >= 11 is 0. The lowest BCUT2D eigenvalue weighted by Gasteiger charge is -1.98. The van der Waals surface area contributed by atoms with Crippen molar-refractivity contribution in [3.63, 3.8) is 0 Å². The zero-order valence-electron chi connectivity index (χ0n) is 9.30. The summed E-state index contributed by atoms with van der Waals surface area (Å²) in [6.07, 6.45) is 2.16. The van der Waals surface area contributed by atoms with Crippen LogP contribution in [0.1, 0.15) is 35.2 Å². The second kappa shape index (κ2) is 4.06. The molecule has 2 aromatic rings. The Balaban J connectivity index is 1.73. The Morgan fingerprint density at radius 2 is 2.11 bits per heavy atom. The molecule has 0 atom stereocenters. The maximum absolute atomic E-state index is 11.8. The van der Waals surface area contributed by atoms with E-state index >= 15 is 0 Å². The molecule has 1 aliphatic rings. The molecule has 0 unspecified atom stereocenters. The molecular formula is C10H10N6O2. The van der Waals surface area contributed by atoms with E-state index in [9.17, 15) is 9.59 Å². The number of H-pyrrole nitrogens is 2. The monoisotopic (exact) mass is 246 g/mol. The fourth-order valence-corrected chi connectivity index (χ4v) is 1.50. The first-order chi connectivity index (χ1) is 8.72. The number of nitrogens with one attached hydrogen (secondary N) is 3. The van der Waals surface area contributed by atoms with Gasteiger partial charge in [0.25, 0.3) is 11.5 Å². The average molecular weight is 246 g/mol. The summed E-state index contributed by atoms with van der Waals surface area (Å²) in [5.41, 5.74) is -0.332. The van der Waals surface area contributed by atoms with Crippen LogP contribution in [-0.4, -0.2) is 31.3 Å². The third-order valence-electron chi connectivity index (χ3n) is 2.59. The van der Waals surface area contributed by atoms with Crippen molar-refractivity contribution in [2.45, 2.75) is 18.8 Å². The summed E-state index contributed by atoms with van der Waals surface area (Å²) in [5, 5.41) is 15.0. The van der Waals surface area contributed by atoms with E-state index in [0.717, 1.165) is 18.7 Å². The highest BCUT2D eigenvalue weighted by Gasteiger charge is 2.28. The fraction of sp³-hybridized carbons (Fsp3) is 0.300. The van der Waals surface area contributed by atoms with Crippen LogP contribution in [0.2, 0.25) is 0 Å². The largest absolute Gasteiger partial charge is 0.302 e. The van der Waals surface area contributed by atoms with Gasteiger partial charge in [-0.3, -0.25) is 14.7 Å². The lowest BCUT2D eigenvalue weighted by atomic mass is 10.4. The number of hydrogen-bond donors (Lipinski definition) is 3. The summed E-state index contributed by atoms with van der Waals surface area (Å²) in [4.78, 5) is 26.7. The van der Waals surface area contributed by atoms with Gasteiger partial charge in [-0.25, -0.2) is 10.1 Å². The molecule has 0 aliphatic heterocycles. The number of nitrogens with zero attached hydrogens (tertiary/aromatic N) is 3. The highest BCUT2D eigenvalue weighted by molar-refractivity contribution is 6.00. The minimum atomic E-state index is -0.460. The standard InChI is InChI=1S/C10H10N6O2/c17-7-4-3-6(13-14-7)11-10(18)9-12-8(15-16-9)5-1-2-5/h3-5H,1-2H2,(H,14,17)(H,11,13,18)(H,12,15,16). The number of anilines is 1. The summed E-state index contributed by atoms with van der Waals surface area (Å²) in [7, 11) is 0. The second-order valence-corrected chi connectivity index (χ2v) is 4.08. The van der Waals surface area contributed by atoms with Crippen LogP contribution in [0.4, 0.5) is 5.82 Å². The SMILES string of the molecule is O=C(Nc1ccc(=O)[nH]n1)c1n[nH]c(C2CC2)n1. The second-order valence-electron chi connectivity index (χ2n) is 4.08. The molecule has 0 radical (unpaired) electrons. The molecule has 2 heterocycles. The van der Waals surface area contributed by atoms with Gasteiger partial charge < -0.3 is 5.32 Å². The van der Waals surface area contributed by atoms with E-state index in [-0.39, 0.29) is 17.2 Å². The first-order valence-electron chi connectivity index (χ1n) is 5.52. The molecule has 0 aromatic carbocycles. The maximum atomic E-state index is 11.8. The van der Waals surface area contributed by atoms with E-state index in [4.69, 9.17) is 0 Å². The Bertz CT molecular complexity index is 621. The normalized spacial score (nSPS) is 14.4. The predicted octanol–water partition coefficient (Wildman–Crippen LogP) is 0.0177. The van der Waals surface area contributed by atoms with Gasteiger partial charge in [0.1, 0.15) is 5.82 Å². The topological polar surface area (TPSA) is 116 Å². The van der Waals surface area contributed by atoms with E-state index in [0.29, 0.717) is 5.92 Å². The van der Waals surface area contributed by atoms with Gasteiger partial charge in [0.05, 0.1) is 0 Å². The molecule has 2 aromatic heterocycles. The van der Waals surface area contributed by atoms with Crippen molar-refractivity contribution in [3.8, 4) is 0 Å². The van der Waals surface area contributed by atoms with Crippen molar-refractivity contribution in [1.29, 1.82) is 0 Å². The Morgan fingerprint density at radius 1 is 1.28 bits per heavy atom. The smallest absolute Gasteiger partial charge is 0.296 e. The number of aromatic amines is 2. The van der Waals surface area contributed by atoms with Crippen molar-refractivity contribution < 1.29 is 4.79 Å². The minimum Gasteiger partial charge on any atom is -0.302 e. The van der Waals surface area contributed by atoms with E-state index in [1.807, 2.05) is 0 Å². The van der Waals surface area contributed by atoms with E-state index in [2.05, 4.69) is 30.7 Å². The van der Waals surface area contributed by atoms with Gasteiger partial charge in [0.15, 0.2) is 5.82 Å². The van der Waals surface area contributed by atoms with Gasteiger partial charge in [-0.15, -0.1) is 5.10 Å². The highest BCUT2D eigenvalue weighted by Crippen LogP contribution is 2.37. The van der Waals surface area contributed by atoms with Crippen LogP contribution in [0.15, 0.2) is 16.9 Å². The van der Waals surface area contributed by atoms with Crippen LogP contribution in [0.25, 0.3) is 0 Å². The number of rotatable bonds is 3. The Hall–Kier alpha value is -2.51.